The largest absolute Gasteiger partial charge is 2.00 e. The van der Waals surface area contributed by atoms with Gasteiger partial charge in [-0.1, -0.05) is 0 Å². The van der Waals surface area contributed by atoms with Crippen LogP contribution in [0.2, 0.25) is 0 Å². The molecule has 0 aromatic heterocycles. The summed E-state index contributed by atoms with van der Waals surface area (Å²) in [5, 5.41) is 0. The Balaban J connectivity index is -0.00000000300. The molecule has 2 N–H and O–H groups in total. The van der Waals surface area contributed by atoms with Crippen LogP contribution >= 0.6 is 0 Å². The first-order valence-electron chi connectivity index (χ1n) is 0.651. The second kappa shape index (κ2) is 9.98. The Kier molecular flexibility index (Phi) is 26.0. The number of hydrogen-bond donors (Lipinski definition) is 2. The van der Waals surface area contributed by atoms with Gasteiger partial charge in [0.2, 0.25) is 0 Å². The second-order valence-corrected chi connectivity index (χ2v) is 0.848. The van der Waals surface area contributed by atoms with Gasteiger partial charge in [-0.05, 0) is 0 Å². The van der Waals surface area contributed by atoms with Crippen molar-refractivity contribution in [2.24, 2.45) is 0 Å². The van der Waals surface area contributed by atoms with E-state index in [4.69, 9.17) is 14.1 Å². The minimum atomic E-state index is -3.13. The van der Waals surface area contributed by atoms with E-state index in [1.807, 2.05) is 0 Å². The first-order chi connectivity index (χ1) is 1.73. The molecule has 0 radical (unpaired) electrons. The van der Waals surface area contributed by atoms with Crippen molar-refractivity contribution in [3.8, 4) is 0 Å². The third kappa shape index (κ3) is 39.9. The minimum absolute atomic E-state index is 0. The van der Waals surface area contributed by atoms with Crippen LogP contribution in [-0.4, -0.2) is 87.3 Å². The molecule has 0 aliphatic heterocycles. The molecule has 0 unspecified atom stereocenters. The van der Waals surface area contributed by atoms with Crippen LogP contribution in [0, 0.1) is 0 Å². The zero-order valence-electron chi connectivity index (χ0n) is 7.22. The maximum absolute atomic E-state index is 8.74. The molecular weight excluding hydrogens is 188 g/mol. The van der Waals surface area contributed by atoms with E-state index >= 15 is 0 Å². The van der Waals surface area contributed by atoms with Crippen molar-refractivity contribution < 1.29 is 19.8 Å². The molecule has 0 heterocycles. The van der Waals surface area contributed by atoms with E-state index in [2.05, 4.69) is 0 Å². The molecule has 32 valence electrons. The first kappa shape index (κ1) is 15.7. The smallest absolute Gasteiger partial charge is 1.00 e. The number of hydrogen-bond acceptors (Lipinski definition) is 1. The minimum Gasteiger partial charge on any atom is -1.00 e. The fourth-order valence-electron chi connectivity index (χ4n) is 0. The monoisotopic (exact) mass is 194 g/mol. The maximum Gasteiger partial charge on any atom is 2.00 e. The molecule has 0 saturated heterocycles. The Morgan fingerprint density at radius 3 is 1.50 bits per heavy atom. The molecule has 0 rings (SSSR count). The summed E-state index contributed by atoms with van der Waals surface area (Å²) in [6.07, 6.45) is 0. The van der Waals surface area contributed by atoms with Gasteiger partial charge in [-0.15, -0.1) is 0 Å². The van der Waals surface area contributed by atoms with E-state index in [-0.39, 0.29) is 74.2 Å². The summed E-state index contributed by atoms with van der Waals surface area (Å²) in [6, 6.07) is 0. The normalized spacial score (nSPS) is 4.00. The molecule has 6 heteroatoms. The summed E-state index contributed by atoms with van der Waals surface area (Å²) >= 11 is 0. The van der Waals surface area contributed by atoms with Crippen molar-refractivity contribution in [2.75, 3.05) is 0 Å². The van der Waals surface area contributed by atoms with Crippen LogP contribution < -0.4 is 0 Å². The Morgan fingerprint density at radius 2 is 1.50 bits per heavy atom. The van der Waals surface area contributed by atoms with Crippen molar-refractivity contribution in [2.45, 2.75) is 0 Å². The van der Waals surface area contributed by atoms with Crippen molar-refractivity contribution in [1.82, 2.24) is 0 Å². The van der Waals surface area contributed by atoms with E-state index in [0.29, 0.717) is 0 Å². The molecular formula is H6MgO3SiSr. The van der Waals surface area contributed by atoms with Gasteiger partial charge >= 0.3 is 77.7 Å². The van der Waals surface area contributed by atoms with Crippen LogP contribution in [0.25, 0.3) is 0 Å². The molecule has 0 spiro atoms. The fraction of sp³-hybridized carbons (Fsp3) is 0. The van der Waals surface area contributed by atoms with Gasteiger partial charge in [-0.2, -0.15) is 0 Å². The van der Waals surface area contributed by atoms with Gasteiger partial charge in [0.25, 0.3) is 0 Å². The molecule has 0 atom stereocenters. The van der Waals surface area contributed by atoms with Crippen LogP contribution in [0.1, 0.15) is 5.71 Å². The standard InChI is InChI=1S/Mg.H2O3Si.Sr.4H/c;1-4(2)3;;;;;/h;1-2H;;;;;/q+2;;+2;4*-1. The predicted octanol–water partition coefficient (Wildman–Crippen LogP) is -1.93. The van der Waals surface area contributed by atoms with Crippen LogP contribution in [-0.2, 0) is 4.46 Å². The predicted molar refractivity (Wildman–Crippen MR) is 26.8 cm³/mol. The van der Waals surface area contributed by atoms with Crippen LogP contribution in [0.4, 0.5) is 0 Å². The SMILES string of the molecule is O=[Si](O)O.[H-].[H-].[H-].[H-].[Mg+2].[Sr+2]. The Hall–Kier alpha value is 1.86. The summed E-state index contributed by atoms with van der Waals surface area (Å²) in [7, 11) is -3.13. The topological polar surface area (TPSA) is 57.5 Å². The van der Waals surface area contributed by atoms with Gasteiger partial charge in [-0.25, -0.2) is 0 Å². The number of rotatable bonds is 0. The van der Waals surface area contributed by atoms with Crippen molar-refractivity contribution in [3.05, 3.63) is 0 Å². The molecule has 0 bridgehead atoms. The van der Waals surface area contributed by atoms with Gasteiger partial charge in [0.15, 0.2) is 0 Å². The quantitative estimate of drug-likeness (QED) is 0.442. The summed E-state index contributed by atoms with van der Waals surface area (Å²) in [5.41, 5.74) is 0. The second-order valence-electron chi connectivity index (χ2n) is 0.283. The van der Waals surface area contributed by atoms with E-state index in [1.165, 1.54) is 0 Å². The zero-order valence-corrected chi connectivity index (χ0v) is 9.11. The molecule has 0 saturated carbocycles. The van der Waals surface area contributed by atoms with Gasteiger partial charge in [-0.3, -0.25) is 4.46 Å². The van der Waals surface area contributed by atoms with E-state index in [9.17, 15) is 0 Å². The van der Waals surface area contributed by atoms with Gasteiger partial charge in [0.1, 0.15) is 0 Å². The fourth-order valence-corrected chi connectivity index (χ4v) is 0. The zero-order chi connectivity index (χ0) is 3.58. The summed E-state index contributed by atoms with van der Waals surface area (Å²) in [5.74, 6) is 0. The average molecular weight is 194 g/mol. The van der Waals surface area contributed by atoms with Gasteiger partial charge < -0.3 is 15.3 Å². The molecule has 0 aliphatic rings. The maximum atomic E-state index is 8.74. The summed E-state index contributed by atoms with van der Waals surface area (Å²) in [6.45, 7) is 0. The van der Waals surface area contributed by atoms with Gasteiger partial charge in [0.05, 0.1) is 0 Å². The molecule has 0 aliphatic carbocycles. The third-order valence-electron chi connectivity index (χ3n) is 0. The summed E-state index contributed by atoms with van der Waals surface area (Å²) < 4.78 is 8.74. The van der Waals surface area contributed by atoms with Crippen molar-refractivity contribution in [3.63, 3.8) is 0 Å². The van der Waals surface area contributed by atoms with Gasteiger partial charge in [0, 0.05) is 0 Å². The van der Waals surface area contributed by atoms with E-state index < -0.39 is 9.17 Å². The Labute approximate surface area is 96.0 Å². The molecule has 0 fully saturated rings. The van der Waals surface area contributed by atoms with Crippen LogP contribution in [0.3, 0.4) is 0 Å². The van der Waals surface area contributed by atoms with Crippen molar-refractivity contribution in [1.29, 1.82) is 0 Å². The molecule has 6 heavy (non-hydrogen) atoms. The van der Waals surface area contributed by atoms with E-state index in [1.54, 1.807) is 0 Å². The van der Waals surface area contributed by atoms with E-state index in [0.717, 1.165) is 0 Å². The van der Waals surface area contributed by atoms with Crippen molar-refractivity contribution >= 4 is 77.7 Å². The van der Waals surface area contributed by atoms with Crippen LogP contribution in [0.5, 0.6) is 0 Å². The molecule has 0 aromatic rings. The molecule has 3 nitrogen and oxygen atoms in total. The molecule has 0 amide bonds. The third-order valence-corrected chi connectivity index (χ3v) is 0. The Morgan fingerprint density at radius 1 is 1.50 bits per heavy atom. The average Bonchev–Trinajstić information content (AvgIpc) is 0.811. The van der Waals surface area contributed by atoms with Crippen LogP contribution in [0.15, 0.2) is 0 Å². The molecule has 0 aromatic carbocycles. The first-order valence-corrected chi connectivity index (χ1v) is 1.95. The Bertz CT molecular complexity index is 43.5. The summed E-state index contributed by atoms with van der Waals surface area (Å²) in [4.78, 5) is 14.3.